The Morgan fingerprint density at radius 2 is 1.67 bits per heavy atom. The maximum Gasteiger partial charge on any atom is 1.00 e. The zero-order chi connectivity index (χ0) is 12.9. The van der Waals surface area contributed by atoms with Crippen LogP contribution >= 0.6 is 0 Å². The normalized spacial score (nSPS) is 10.5. The van der Waals surface area contributed by atoms with Crippen molar-refractivity contribution in [2.45, 2.75) is 31.6 Å². The first-order chi connectivity index (χ1) is 8.05. The molecule has 0 radical (unpaired) electrons. The van der Waals surface area contributed by atoms with Gasteiger partial charge in [0, 0.05) is 0 Å². The van der Waals surface area contributed by atoms with Crippen LogP contribution in [-0.4, -0.2) is 22.2 Å². The van der Waals surface area contributed by atoms with Crippen molar-refractivity contribution in [1.29, 1.82) is 0 Å². The molecule has 0 unspecified atom stereocenters. The summed E-state index contributed by atoms with van der Waals surface area (Å²) in [5, 5.41) is 18.6. The molecule has 0 aliphatic rings. The number of aliphatic carboxylic acids is 2. The van der Waals surface area contributed by atoms with E-state index in [2.05, 4.69) is 0 Å². The zero-order valence-corrected chi connectivity index (χ0v) is 10.7. The third-order valence-electron chi connectivity index (χ3n) is 2.90. The average molecular weight is 244 g/mol. The Kier molecular flexibility index (Phi) is 6.75. The zero-order valence-electron chi connectivity index (χ0n) is 11.7. The smallest absolute Gasteiger partial charge is 1.00 e. The second-order valence-corrected chi connectivity index (χ2v) is 3.99. The van der Waals surface area contributed by atoms with Gasteiger partial charge in [0.1, 0.15) is 0 Å². The van der Waals surface area contributed by atoms with Gasteiger partial charge in [-0.2, -0.15) is 0 Å². The molecule has 0 aliphatic heterocycles. The molecular formula is C13H17LiO4. The molecule has 1 aromatic rings. The number of hydrogen-bond acceptors (Lipinski definition) is 2. The minimum Gasteiger partial charge on any atom is -1.00 e. The van der Waals surface area contributed by atoms with Crippen molar-refractivity contribution in [3.8, 4) is 0 Å². The summed E-state index contributed by atoms with van der Waals surface area (Å²) in [4.78, 5) is 22.8. The molecule has 0 atom stereocenters. The molecule has 5 heteroatoms. The topological polar surface area (TPSA) is 74.6 Å². The Morgan fingerprint density at radius 3 is 2.06 bits per heavy atom. The first kappa shape index (κ1) is 16.8. The molecule has 0 heterocycles. The summed E-state index contributed by atoms with van der Waals surface area (Å²) in [6, 6.07) is 8.15. The van der Waals surface area contributed by atoms with Crippen molar-refractivity contribution < 1.29 is 40.1 Å². The molecule has 94 valence electrons. The van der Waals surface area contributed by atoms with E-state index in [0.717, 1.165) is 6.42 Å². The predicted octanol–water partition coefficient (Wildman–Crippen LogP) is -0.600. The molecule has 1 rings (SSSR count). The molecule has 0 aromatic heterocycles. The Morgan fingerprint density at radius 1 is 1.17 bits per heavy atom. The molecule has 4 nitrogen and oxygen atoms in total. The maximum absolute atomic E-state index is 11.4. The Labute approximate surface area is 120 Å². The predicted molar refractivity (Wildman–Crippen MR) is 64.0 cm³/mol. The summed E-state index contributed by atoms with van der Waals surface area (Å²) in [6.07, 6.45) is 1.43. The van der Waals surface area contributed by atoms with Crippen LogP contribution < -0.4 is 18.9 Å². The molecule has 0 saturated carbocycles. The molecule has 0 aliphatic carbocycles. The Hall–Kier alpha value is -1.24. The van der Waals surface area contributed by atoms with E-state index in [1.165, 1.54) is 0 Å². The molecule has 18 heavy (non-hydrogen) atoms. The third kappa shape index (κ3) is 3.15. The molecule has 0 fully saturated rings. The number of rotatable bonds is 6. The summed E-state index contributed by atoms with van der Waals surface area (Å²) in [5.74, 6) is -2.60. The fraction of sp³-hybridized carbons (Fsp3) is 0.385. The van der Waals surface area contributed by atoms with Crippen molar-refractivity contribution in [3.63, 3.8) is 0 Å². The monoisotopic (exact) mass is 244 g/mol. The van der Waals surface area contributed by atoms with Gasteiger partial charge in [-0.05, 0) is 12.0 Å². The van der Waals surface area contributed by atoms with Gasteiger partial charge in [-0.3, -0.25) is 9.59 Å². The largest absolute Gasteiger partial charge is 1.00 e. The molecule has 2 N–H and O–H groups in total. The van der Waals surface area contributed by atoms with Crippen LogP contribution in [0.1, 0.15) is 33.2 Å². The number of carbonyl (C=O) groups is 2. The van der Waals surface area contributed by atoms with Crippen LogP contribution in [0.15, 0.2) is 30.3 Å². The van der Waals surface area contributed by atoms with Gasteiger partial charge in [0.15, 0.2) is 5.41 Å². The van der Waals surface area contributed by atoms with Gasteiger partial charge in [0.25, 0.3) is 0 Å². The van der Waals surface area contributed by atoms with Gasteiger partial charge in [-0.1, -0.05) is 50.1 Å². The van der Waals surface area contributed by atoms with E-state index in [9.17, 15) is 19.8 Å². The van der Waals surface area contributed by atoms with E-state index in [4.69, 9.17) is 0 Å². The van der Waals surface area contributed by atoms with Crippen molar-refractivity contribution in [3.05, 3.63) is 35.9 Å². The summed E-state index contributed by atoms with van der Waals surface area (Å²) in [6.45, 7) is 1.90. The first-order valence-electron chi connectivity index (χ1n) is 5.58. The van der Waals surface area contributed by atoms with Crippen molar-refractivity contribution in [2.75, 3.05) is 0 Å². The van der Waals surface area contributed by atoms with E-state index in [1.807, 2.05) is 6.92 Å². The van der Waals surface area contributed by atoms with Gasteiger partial charge in [0.05, 0.1) is 0 Å². The fourth-order valence-electron chi connectivity index (χ4n) is 1.86. The maximum atomic E-state index is 11.4. The van der Waals surface area contributed by atoms with Gasteiger partial charge in [0.2, 0.25) is 0 Å². The second kappa shape index (κ2) is 7.25. The van der Waals surface area contributed by atoms with Gasteiger partial charge >= 0.3 is 30.8 Å². The minimum absolute atomic E-state index is 0. The summed E-state index contributed by atoms with van der Waals surface area (Å²) in [5.41, 5.74) is -1.49. The number of unbranched alkanes of at least 4 members (excludes halogenated alkanes) is 1. The van der Waals surface area contributed by atoms with Gasteiger partial charge in [-0.25, -0.2) is 0 Å². The Bertz CT molecular complexity index is 394. The summed E-state index contributed by atoms with van der Waals surface area (Å²) >= 11 is 0. The van der Waals surface area contributed by atoms with Crippen molar-refractivity contribution in [1.82, 2.24) is 0 Å². The first-order valence-corrected chi connectivity index (χ1v) is 5.58. The quantitative estimate of drug-likeness (QED) is 0.517. The number of carboxylic acid groups (broad SMARTS) is 2. The van der Waals surface area contributed by atoms with Crippen molar-refractivity contribution in [2.24, 2.45) is 0 Å². The summed E-state index contributed by atoms with van der Waals surface area (Å²) in [7, 11) is 0. The third-order valence-corrected chi connectivity index (χ3v) is 2.90. The van der Waals surface area contributed by atoms with Crippen LogP contribution in [0.25, 0.3) is 0 Å². The average Bonchev–Trinajstić information content (AvgIpc) is 2.30. The molecule has 1 aromatic carbocycles. The molecule has 0 bridgehead atoms. The van der Waals surface area contributed by atoms with Crippen molar-refractivity contribution >= 4 is 11.9 Å². The van der Waals surface area contributed by atoms with Crippen LogP contribution in [0, 0.1) is 0 Å². The second-order valence-electron chi connectivity index (χ2n) is 3.99. The minimum atomic E-state index is -1.82. The molecule has 0 spiro atoms. The number of hydrogen-bond donors (Lipinski definition) is 2. The van der Waals surface area contributed by atoms with E-state index in [1.54, 1.807) is 30.3 Å². The SMILES string of the molecule is CCCCC(C(=O)O)(C(=O)O)c1ccccc1.[H-].[Li+]. The van der Waals surface area contributed by atoms with E-state index < -0.39 is 17.4 Å². The standard InChI is InChI=1S/C13H16O4.Li.H/c1-2-3-9-13(11(14)15,12(16)17)10-7-5-4-6-8-10;;/h4-8H,2-3,9H2,1H3,(H,14,15)(H,16,17);;/q;+1;-1. The van der Waals surface area contributed by atoms with E-state index in [0.29, 0.717) is 12.0 Å². The van der Waals surface area contributed by atoms with Gasteiger partial charge < -0.3 is 11.6 Å². The van der Waals surface area contributed by atoms with Crippen LogP contribution in [0.4, 0.5) is 0 Å². The number of carboxylic acids is 2. The van der Waals surface area contributed by atoms with E-state index >= 15 is 0 Å². The molecule has 0 amide bonds. The number of benzene rings is 1. The van der Waals surface area contributed by atoms with Crippen LogP contribution in [-0.2, 0) is 15.0 Å². The van der Waals surface area contributed by atoms with Crippen LogP contribution in [0.5, 0.6) is 0 Å². The van der Waals surface area contributed by atoms with Crippen LogP contribution in [0.2, 0.25) is 0 Å². The fourth-order valence-corrected chi connectivity index (χ4v) is 1.86. The molecule has 0 saturated heterocycles. The van der Waals surface area contributed by atoms with Crippen LogP contribution in [0.3, 0.4) is 0 Å². The molecular weight excluding hydrogens is 227 g/mol. The van der Waals surface area contributed by atoms with Gasteiger partial charge in [-0.15, -0.1) is 0 Å². The summed E-state index contributed by atoms with van der Waals surface area (Å²) < 4.78 is 0. The Balaban J connectivity index is 0. The van der Waals surface area contributed by atoms with E-state index in [-0.39, 0.29) is 26.7 Å².